The quantitative estimate of drug-likeness (QED) is 0.714. The van der Waals surface area contributed by atoms with Crippen LogP contribution in [0.5, 0.6) is 0 Å². The minimum atomic E-state index is -1.16. The Hall–Kier alpha value is -0.260. The van der Waals surface area contributed by atoms with Gasteiger partial charge in [0.15, 0.2) is 6.29 Å². The van der Waals surface area contributed by atoms with Crippen LogP contribution in [0.25, 0.3) is 0 Å². The van der Waals surface area contributed by atoms with E-state index >= 15 is 0 Å². The van der Waals surface area contributed by atoms with Crippen molar-refractivity contribution in [2.24, 2.45) is 4.40 Å². The summed E-state index contributed by atoms with van der Waals surface area (Å²) >= 11 is 0. The molecule has 1 saturated heterocycles. The third-order valence-electron chi connectivity index (χ3n) is 2.12. The van der Waals surface area contributed by atoms with Crippen LogP contribution in [0.3, 0.4) is 0 Å². The minimum absolute atomic E-state index is 0.108. The first-order chi connectivity index (χ1) is 7.50. The van der Waals surface area contributed by atoms with Crippen LogP contribution in [-0.4, -0.2) is 34.7 Å². The average Bonchev–Trinajstić information content (AvgIpc) is 2.24. The van der Waals surface area contributed by atoms with E-state index in [0.717, 1.165) is 32.5 Å². The van der Waals surface area contributed by atoms with Gasteiger partial charge in [0.1, 0.15) is 11.0 Å². The Morgan fingerprint density at radius 3 is 2.56 bits per heavy atom. The van der Waals surface area contributed by atoms with E-state index in [1.54, 1.807) is 6.21 Å². The molecule has 1 atom stereocenters. The van der Waals surface area contributed by atoms with Crippen LogP contribution in [0.2, 0.25) is 0 Å². The largest absolute Gasteiger partial charge is 0.353 e. The fraction of sp³-hybridized carbons (Fsp3) is 0.909. The smallest absolute Gasteiger partial charge is 0.157 e. The summed E-state index contributed by atoms with van der Waals surface area (Å²) in [4.78, 5) is 0. The van der Waals surface area contributed by atoms with E-state index in [4.69, 9.17) is 9.47 Å². The summed E-state index contributed by atoms with van der Waals surface area (Å²) in [6.45, 7) is 7.28. The molecule has 1 heterocycles. The third-order valence-corrected chi connectivity index (χ3v) is 3.51. The Bertz CT molecular complexity index is 254. The Morgan fingerprint density at radius 2 is 2.00 bits per heavy atom. The summed E-state index contributed by atoms with van der Waals surface area (Å²) in [5, 5.41) is 0. The van der Waals surface area contributed by atoms with Gasteiger partial charge in [-0.25, -0.2) is 4.21 Å². The van der Waals surface area contributed by atoms with Crippen LogP contribution in [-0.2, 0) is 20.5 Å². The maximum absolute atomic E-state index is 11.6. The van der Waals surface area contributed by atoms with E-state index in [-0.39, 0.29) is 11.0 Å². The average molecular weight is 247 g/mol. The minimum Gasteiger partial charge on any atom is -0.353 e. The SMILES string of the molecule is CC(C)(C)[S@@](=O)N=CCCC1OCCCO1. The summed E-state index contributed by atoms with van der Waals surface area (Å²) in [5.74, 6) is 0. The number of nitrogens with zero attached hydrogens (tertiary/aromatic N) is 1. The summed E-state index contributed by atoms with van der Waals surface area (Å²) in [6.07, 6.45) is 4.10. The number of hydrogen-bond acceptors (Lipinski definition) is 3. The van der Waals surface area contributed by atoms with Gasteiger partial charge in [0.2, 0.25) is 0 Å². The molecule has 0 aromatic heterocycles. The van der Waals surface area contributed by atoms with Gasteiger partial charge in [-0.1, -0.05) is 0 Å². The van der Waals surface area contributed by atoms with Gasteiger partial charge in [0, 0.05) is 12.6 Å². The zero-order chi connectivity index (χ0) is 12.0. The second-order valence-electron chi connectivity index (χ2n) is 4.75. The molecular weight excluding hydrogens is 226 g/mol. The van der Waals surface area contributed by atoms with E-state index in [2.05, 4.69) is 4.40 Å². The van der Waals surface area contributed by atoms with E-state index < -0.39 is 11.0 Å². The molecule has 1 aliphatic rings. The Morgan fingerprint density at radius 1 is 1.38 bits per heavy atom. The van der Waals surface area contributed by atoms with E-state index in [0.29, 0.717) is 0 Å². The van der Waals surface area contributed by atoms with Gasteiger partial charge in [-0.2, -0.15) is 4.40 Å². The molecule has 1 fully saturated rings. The zero-order valence-corrected chi connectivity index (χ0v) is 11.1. The van der Waals surface area contributed by atoms with E-state index in [9.17, 15) is 4.21 Å². The van der Waals surface area contributed by atoms with E-state index in [1.807, 2.05) is 20.8 Å². The van der Waals surface area contributed by atoms with Gasteiger partial charge in [-0.3, -0.25) is 0 Å². The second-order valence-corrected chi connectivity index (χ2v) is 6.69. The van der Waals surface area contributed by atoms with Crippen molar-refractivity contribution in [3.05, 3.63) is 0 Å². The number of rotatable bonds is 4. The molecule has 94 valence electrons. The van der Waals surface area contributed by atoms with Gasteiger partial charge in [0.25, 0.3) is 0 Å². The van der Waals surface area contributed by atoms with Crippen LogP contribution in [0.15, 0.2) is 4.40 Å². The van der Waals surface area contributed by atoms with Crippen LogP contribution in [0.1, 0.15) is 40.0 Å². The van der Waals surface area contributed by atoms with Gasteiger partial charge in [-0.05, 0) is 33.6 Å². The topological polar surface area (TPSA) is 47.9 Å². The molecule has 1 rings (SSSR count). The molecule has 0 aromatic rings. The molecule has 0 amide bonds. The predicted molar refractivity (Wildman–Crippen MR) is 65.9 cm³/mol. The fourth-order valence-corrected chi connectivity index (χ4v) is 1.75. The van der Waals surface area contributed by atoms with Crippen molar-refractivity contribution in [1.29, 1.82) is 0 Å². The lowest BCUT2D eigenvalue weighted by atomic mass is 10.3. The molecule has 5 heteroatoms. The normalized spacial score (nSPS) is 21.4. The molecule has 0 unspecified atom stereocenters. The zero-order valence-electron chi connectivity index (χ0n) is 10.3. The number of hydrogen-bond donors (Lipinski definition) is 0. The lowest BCUT2D eigenvalue weighted by Crippen LogP contribution is -2.24. The van der Waals surface area contributed by atoms with Gasteiger partial charge in [0.05, 0.1) is 18.0 Å². The van der Waals surface area contributed by atoms with Gasteiger partial charge in [-0.15, -0.1) is 0 Å². The maximum atomic E-state index is 11.6. The first-order valence-corrected chi connectivity index (χ1v) is 6.78. The summed E-state index contributed by atoms with van der Waals surface area (Å²) in [6, 6.07) is 0. The Balaban J connectivity index is 2.19. The van der Waals surface area contributed by atoms with Crippen molar-refractivity contribution in [2.45, 2.75) is 51.1 Å². The van der Waals surface area contributed by atoms with Crippen molar-refractivity contribution in [2.75, 3.05) is 13.2 Å². The lowest BCUT2D eigenvalue weighted by molar-refractivity contribution is -0.180. The summed E-state index contributed by atoms with van der Waals surface area (Å²) in [7, 11) is -1.16. The first kappa shape index (κ1) is 13.8. The van der Waals surface area contributed by atoms with Gasteiger partial charge >= 0.3 is 0 Å². The van der Waals surface area contributed by atoms with Crippen molar-refractivity contribution in [3.63, 3.8) is 0 Å². The van der Waals surface area contributed by atoms with Crippen molar-refractivity contribution >= 4 is 17.2 Å². The van der Waals surface area contributed by atoms with Crippen LogP contribution >= 0.6 is 0 Å². The molecule has 0 radical (unpaired) electrons. The van der Waals surface area contributed by atoms with Gasteiger partial charge < -0.3 is 9.47 Å². The second kappa shape index (κ2) is 6.47. The molecule has 0 spiro atoms. The highest BCUT2D eigenvalue weighted by molar-refractivity contribution is 7.85. The molecule has 0 saturated carbocycles. The predicted octanol–water partition coefficient (Wildman–Crippen LogP) is 2.06. The molecule has 0 N–H and O–H groups in total. The molecule has 4 nitrogen and oxygen atoms in total. The molecule has 1 aliphatic heterocycles. The van der Waals surface area contributed by atoms with Crippen LogP contribution < -0.4 is 0 Å². The highest BCUT2D eigenvalue weighted by atomic mass is 32.2. The molecule has 0 aliphatic carbocycles. The Kier molecular flexibility index (Phi) is 5.58. The molecular formula is C11H21NO3S. The number of ether oxygens (including phenoxy) is 2. The van der Waals surface area contributed by atoms with Crippen LogP contribution in [0.4, 0.5) is 0 Å². The summed E-state index contributed by atoms with van der Waals surface area (Å²) < 4.78 is 26.1. The summed E-state index contributed by atoms with van der Waals surface area (Å²) in [5.41, 5.74) is 0. The highest BCUT2D eigenvalue weighted by Gasteiger charge is 2.18. The van der Waals surface area contributed by atoms with E-state index in [1.165, 1.54) is 0 Å². The molecule has 0 bridgehead atoms. The molecule has 16 heavy (non-hydrogen) atoms. The fourth-order valence-electron chi connectivity index (χ4n) is 1.19. The maximum Gasteiger partial charge on any atom is 0.157 e. The van der Waals surface area contributed by atoms with Crippen molar-refractivity contribution < 1.29 is 13.7 Å². The standard InChI is InChI=1S/C11H21NO3S/c1-11(2,3)16(13)12-7-4-6-10-14-8-5-9-15-10/h7,10H,4-6,8-9H2,1-3H3/t16-/m1/s1. The van der Waals surface area contributed by atoms with Crippen LogP contribution in [0, 0.1) is 0 Å². The van der Waals surface area contributed by atoms with Crippen molar-refractivity contribution in [3.8, 4) is 0 Å². The monoisotopic (exact) mass is 247 g/mol. The highest BCUT2D eigenvalue weighted by Crippen LogP contribution is 2.13. The van der Waals surface area contributed by atoms with Crippen molar-refractivity contribution in [1.82, 2.24) is 0 Å². The molecule has 0 aromatic carbocycles. The first-order valence-electron chi connectivity index (χ1n) is 5.68. The Labute approximate surface area is 100 Å². The lowest BCUT2D eigenvalue weighted by Gasteiger charge is -2.22. The third kappa shape index (κ3) is 5.18.